The van der Waals surface area contributed by atoms with E-state index in [1.807, 2.05) is 0 Å². The van der Waals surface area contributed by atoms with Gasteiger partial charge >= 0.3 is 5.97 Å². The zero-order valence-corrected chi connectivity index (χ0v) is 12.4. The van der Waals surface area contributed by atoms with Crippen LogP contribution in [0, 0.1) is 13.8 Å². The molecule has 0 amide bonds. The Balaban J connectivity index is 2.57. The summed E-state index contributed by atoms with van der Waals surface area (Å²) in [5.74, 6) is -1.12. The maximum Gasteiger partial charge on any atom is 0.340 e. The first-order valence-corrected chi connectivity index (χ1v) is 7.63. The Bertz CT molecular complexity index is 633. The van der Waals surface area contributed by atoms with Crippen LogP contribution in [0.3, 0.4) is 0 Å². The number of aryl methyl sites for hydroxylation is 2. The second kappa shape index (κ2) is 5.19. The monoisotopic (exact) mass is 303 g/mol. The predicted octanol–water partition coefficient (Wildman–Crippen LogP) is 1.00. The third-order valence-corrected chi connectivity index (χ3v) is 5.46. The number of rotatable bonds is 3. The highest BCUT2D eigenvalue weighted by atomic mass is 32.2. The van der Waals surface area contributed by atoms with Gasteiger partial charge in [0.15, 0.2) is 0 Å². The van der Waals surface area contributed by atoms with Crippen LogP contribution in [0.2, 0.25) is 0 Å². The maximum absolute atomic E-state index is 12.7. The summed E-state index contributed by atoms with van der Waals surface area (Å²) in [7, 11) is -3.92. The summed E-state index contributed by atoms with van der Waals surface area (Å²) < 4.78 is 37.1. The smallest absolute Gasteiger partial charge is 0.340 e. The normalized spacial score (nSPS) is 21.1. The Kier molecular flexibility index (Phi) is 3.90. The molecule has 0 aromatic carbocycles. The van der Waals surface area contributed by atoms with Crippen molar-refractivity contribution in [2.24, 2.45) is 0 Å². The SMILES string of the molecule is Cc1oc(C)c(S(=O)(=O)N2CCOC[C@H]2C)c1C(=O)O. The molecule has 0 saturated carbocycles. The van der Waals surface area contributed by atoms with Crippen molar-refractivity contribution in [3.05, 3.63) is 17.1 Å². The molecule has 1 aromatic rings. The Labute approximate surface area is 117 Å². The fraction of sp³-hybridized carbons (Fsp3) is 0.583. The van der Waals surface area contributed by atoms with Crippen molar-refractivity contribution in [2.45, 2.75) is 31.7 Å². The van der Waals surface area contributed by atoms with Crippen LogP contribution in [-0.2, 0) is 14.8 Å². The number of aromatic carboxylic acids is 1. The molecule has 8 heteroatoms. The third-order valence-electron chi connectivity index (χ3n) is 3.29. The molecule has 7 nitrogen and oxygen atoms in total. The molecule has 1 aliphatic heterocycles. The number of morpholine rings is 1. The highest BCUT2D eigenvalue weighted by Crippen LogP contribution is 2.30. The van der Waals surface area contributed by atoms with E-state index < -0.39 is 16.0 Å². The van der Waals surface area contributed by atoms with E-state index in [0.717, 1.165) is 0 Å². The van der Waals surface area contributed by atoms with Crippen molar-refractivity contribution in [1.82, 2.24) is 4.31 Å². The molecular weight excluding hydrogens is 286 g/mol. The minimum Gasteiger partial charge on any atom is -0.478 e. The van der Waals surface area contributed by atoms with Crippen molar-refractivity contribution in [2.75, 3.05) is 19.8 Å². The molecule has 0 unspecified atom stereocenters. The Hall–Kier alpha value is -1.38. The van der Waals surface area contributed by atoms with E-state index in [4.69, 9.17) is 9.15 Å². The predicted molar refractivity (Wildman–Crippen MR) is 69.3 cm³/mol. The lowest BCUT2D eigenvalue weighted by Gasteiger charge is -2.32. The molecule has 0 aliphatic carbocycles. The summed E-state index contributed by atoms with van der Waals surface area (Å²) in [5.41, 5.74) is -0.291. The largest absolute Gasteiger partial charge is 0.478 e. The quantitative estimate of drug-likeness (QED) is 0.895. The van der Waals surface area contributed by atoms with Gasteiger partial charge in [-0.2, -0.15) is 4.31 Å². The number of carboxylic acid groups (broad SMARTS) is 1. The zero-order valence-electron chi connectivity index (χ0n) is 11.5. The van der Waals surface area contributed by atoms with E-state index in [9.17, 15) is 18.3 Å². The second-order valence-electron chi connectivity index (χ2n) is 4.76. The first-order chi connectivity index (χ1) is 9.26. The lowest BCUT2D eigenvalue weighted by molar-refractivity contribution is 0.0391. The van der Waals surface area contributed by atoms with Crippen molar-refractivity contribution in [3.63, 3.8) is 0 Å². The van der Waals surface area contributed by atoms with Crippen LogP contribution in [0.5, 0.6) is 0 Å². The highest BCUT2D eigenvalue weighted by molar-refractivity contribution is 7.89. The number of furan rings is 1. The Morgan fingerprint density at radius 1 is 1.35 bits per heavy atom. The van der Waals surface area contributed by atoms with Crippen LogP contribution in [-0.4, -0.2) is 49.6 Å². The van der Waals surface area contributed by atoms with Crippen molar-refractivity contribution >= 4 is 16.0 Å². The molecule has 1 N–H and O–H groups in total. The van der Waals surface area contributed by atoms with Gasteiger partial charge in [0.2, 0.25) is 10.0 Å². The summed E-state index contributed by atoms with van der Waals surface area (Å²) in [6, 6.07) is -0.343. The van der Waals surface area contributed by atoms with Gasteiger partial charge in [0, 0.05) is 12.6 Å². The molecule has 112 valence electrons. The van der Waals surface area contributed by atoms with Gasteiger partial charge in [-0.1, -0.05) is 0 Å². The standard InChI is InChI=1S/C12H17NO6S/c1-7-6-18-5-4-13(7)20(16,17)11-9(3)19-8(2)10(11)12(14)15/h7H,4-6H2,1-3H3,(H,14,15)/t7-/m1/s1. The summed E-state index contributed by atoms with van der Waals surface area (Å²) in [6.07, 6.45) is 0. The van der Waals surface area contributed by atoms with Gasteiger partial charge in [-0.3, -0.25) is 0 Å². The summed E-state index contributed by atoms with van der Waals surface area (Å²) in [4.78, 5) is 11.0. The molecule has 1 aliphatic rings. The molecule has 0 radical (unpaired) electrons. The molecule has 0 bridgehead atoms. The van der Waals surface area contributed by atoms with Gasteiger partial charge in [0.25, 0.3) is 0 Å². The second-order valence-corrected chi connectivity index (χ2v) is 6.59. The molecule has 1 aromatic heterocycles. The van der Waals surface area contributed by atoms with E-state index in [1.54, 1.807) is 6.92 Å². The van der Waals surface area contributed by atoms with Crippen molar-refractivity contribution in [1.29, 1.82) is 0 Å². The third kappa shape index (κ3) is 2.34. The number of hydrogen-bond acceptors (Lipinski definition) is 5. The van der Waals surface area contributed by atoms with Crippen molar-refractivity contribution < 1.29 is 27.5 Å². The van der Waals surface area contributed by atoms with Crippen LogP contribution >= 0.6 is 0 Å². The lowest BCUT2D eigenvalue weighted by Crippen LogP contribution is -2.47. The van der Waals surface area contributed by atoms with Gasteiger partial charge in [-0.25, -0.2) is 13.2 Å². The van der Waals surface area contributed by atoms with Crippen LogP contribution < -0.4 is 0 Å². The van der Waals surface area contributed by atoms with E-state index in [2.05, 4.69) is 0 Å². The Morgan fingerprint density at radius 2 is 2.00 bits per heavy atom. The molecule has 20 heavy (non-hydrogen) atoms. The number of sulfonamides is 1. The van der Waals surface area contributed by atoms with E-state index >= 15 is 0 Å². The first-order valence-electron chi connectivity index (χ1n) is 6.19. The van der Waals surface area contributed by atoms with Gasteiger partial charge in [0.1, 0.15) is 22.0 Å². The first kappa shape index (κ1) is 15.0. The maximum atomic E-state index is 12.7. The average Bonchev–Trinajstić information content (AvgIpc) is 2.65. The minimum absolute atomic E-state index is 0.0921. The molecule has 2 rings (SSSR count). The van der Waals surface area contributed by atoms with Gasteiger partial charge in [0.05, 0.1) is 13.2 Å². The van der Waals surface area contributed by atoms with E-state index in [1.165, 1.54) is 18.2 Å². The molecule has 1 atom stereocenters. The summed E-state index contributed by atoms with van der Waals surface area (Å²) in [6.45, 7) is 5.40. The molecule has 2 heterocycles. The summed E-state index contributed by atoms with van der Waals surface area (Å²) >= 11 is 0. The number of nitrogens with zero attached hydrogens (tertiary/aromatic N) is 1. The topological polar surface area (TPSA) is 97.0 Å². The zero-order chi connectivity index (χ0) is 15.1. The average molecular weight is 303 g/mol. The van der Waals surface area contributed by atoms with Crippen LogP contribution in [0.1, 0.15) is 28.8 Å². The highest BCUT2D eigenvalue weighted by Gasteiger charge is 2.38. The molecule has 1 fully saturated rings. The van der Waals surface area contributed by atoms with Gasteiger partial charge < -0.3 is 14.3 Å². The Morgan fingerprint density at radius 3 is 2.55 bits per heavy atom. The van der Waals surface area contributed by atoms with E-state index in [0.29, 0.717) is 6.61 Å². The minimum atomic E-state index is -3.92. The van der Waals surface area contributed by atoms with Crippen LogP contribution in [0.4, 0.5) is 0 Å². The van der Waals surface area contributed by atoms with Crippen LogP contribution in [0.15, 0.2) is 9.31 Å². The summed E-state index contributed by atoms with van der Waals surface area (Å²) in [5, 5.41) is 9.22. The van der Waals surface area contributed by atoms with Gasteiger partial charge in [-0.05, 0) is 20.8 Å². The fourth-order valence-electron chi connectivity index (χ4n) is 2.41. The molecule has 1 saturated heterocycles. The fourth-order valence-corrected chi connectivity index (χ4v) is 4.39. The number of ether oxygens (including phenoxy) is 1. The molecular formula is C12H17NO6S. The molecule has 0 spiro atoms. The number of hydrogen-bond donors (Lipinski definition) is 1. The lowest BCUT2D eigenvalue weighted by atomic mass is 10.2. The van der Waals surface area contributed by atoms with Crippen molar-refractivity contribution in [3.8, 4) is 0 Å². The van der Waals surface area contributed by atoms with Crippen LogP contribution in [0.25, 0.3) is 0 Å². The van der Waals surface area contributed by atoms with E-state index in [-0.39, 0.29) is 41.2 Å². The number of carboxylic acids is 1. The number of carbonyl (C=O) groups is 1. The van der Waals surface area contributed by atoms with Gasteiger partial charge in [-0.15, -0.1) is 0 Å².